The number of rotatable bonds is 9. The average Bonchev–Trinajstić information content (AvgIpc) is 3.24. The van der Waals surface area contributed by atoms with Gasteiger partial charge < -0.3 is 4.90 Å². The van der Waals surface area contributed by atoms with E-state index in [0.717, 1.165) is 45.8 Å². The van der Waals surface area contributed by atoms with Crippen molar-refractivity contribution in [3.05, 3.63) is 70.6 Å². The molecular weight excluding hydrogens is 414 g/mol. The van der Waals surface area contributed by atoms with Gasteiger partial charge >= 0.3 is 0 Å². The summed E-state index contributed by atoms with van der Waals surface area (Å²) in [6.07, 6.45) is 6.12. The summed E-state index contributed by atoms with van der Waals surface area (Å²) in [4.78, 5) is 28.9. The van der Waals surface area contributed by atoms with E-state index >= 15 is 0 Å². The van der Waals surface area contributed by atoms with Crippen LogP contribution >= 0.6 is 11.3 Å². The van der Waals surface area contributed by atoms with Crippen LogP contribution in [0.3, 0.4) is 0 Å². The summed E-state index contributed by atoms with van der Waals surface area (Å²) in [5.74, 6) is 1.84. The van der Waals surface area contributed by atoms with E-state index in [2.05, 4.69) is 35.2 Å². The lowest BCUT2D eigenvalue weighted by Gasteiger charge is -2.44. The van der Waals surface area contributed by atoms with Crippen LogP contribution in [0.4, 0.5) is 0 Å². The van der Waals surface area contributed by atoms with Gasteiger partial charge in [-0.3, -0.25) is 9.59 Å². The fourth-order valence-corrected chi connectivity index (χ4v) is 6.51. The number of ketones is 2. The van der Waals surface area contributed by atoms with Crippen molar-refractivity contribution in [1.29, 1.82) is 0 Å². The maximum atomic E-state index is 13.0. The van der Waals surface area contributed by atoms with Crippen LogP contribution in [0.25, 0.3) is 10.1 Å². The van der Waals surface area contributed by atoms with E-state index in [1.165, 1.54) is 31.5 Å². The van der Waals surface area contributed by atoms with Crippen molar-refractivity contribution in [2.45, 2.75) is 44.9 Å². The third-order valence-electron chi connectivity index (χ3n) is 7.26. The molecule has 0 saturated carbocycles. The monoisotopic (exact) mass is 445 g/mol. The van der Waals surface area contributed by atoms with Gasteiger partial charge in [0.05, 0.1) is 4.88 Å². The quantitative estimate of drug-likeness (QED) is 0.382. The Labute approximate surface area is 194 Å². The molecule has 6 rings (SSSR count). The number of piperidine rings is 3. The number of nitrogens with zero attached hydrogens (tertiary/aromatic N) is 1. The number of fused-ring (bicyclic) bond motifs is 4. The van der Waals surface area contributed by atoms with E-state index in [-0.39, 0.29) is 5.78 Å². The maximum absolute atomic E-state index is 13.0. The molecule has 0 aliphatic carbocycles. The first kappa shape index (κ1) is 21.5. The molecule has 32 heavy (non-hydrogen) atoms. The zero-order valence-electron chi connectivity index (χ0n) is 18.6. The normalized spacial score (nSPS) is 22.3. The summed E-state index contributed by atoms with van der Waals surface area (Å²) in [6.45, 7) is 3.52. The van der Waals surface area contributed by atoms with Crippen molar-refractivity contribution < 1.29 is 9.59 Å². The molecule has 0 unspecified atom stereocenters. The molecule has 4 heterocycles. The summed E-state index contributed by atoms with van der Waals surface area (Å²) in [5.41, 5.74) is 2.34. The first-order valence-electron chi connectivity index (χ1n) is 12.0. The fraction of sp³-hybridized carbons (Fsp3) is 0.429. The lowest BCUT2D eigenvalue weighted by atomic mass is 9.76. The second-order valence-corrected chi connectivity index (χ2v) is 10.6. The Balaban J connectivity index is 1.17. The van der Waals surface area contributed by atoms with E-state index < -0.39 is 0 Å². The highest BCUT2D eigenvalue weighted by molar-refractivity contribution is 7.20. The van der Waals surface area contributed by atoms with Crippen molar-refractivity contribution in [3.8, 4) is 0 Å². The van der Waals surface area contributed by atoms with Gasteiger partial charge in [-0.05, 0) is 79.3 Å². The Kier molecular flexibility index (Phi) is 6.52. The minimum absolute atomic E-state index is 0.287. The van der Waals surface area contributed by atoms with Crippen molar-refractivity contribution in [2.75, 3.05) is 19.6 Å². The summed E-state index contributed by atoms with van der Waals surface area (Å²) in [7, 11) is 0. The first-order valence-corrected chi connectivity index (χ1v) is 12.8. The molecule has 0 radical (unpaired) electrons. The van der Waals surface area contributed by atoms with Crippen molar-refractivity contribution in [1.82, 2.24) is 4.90 Å². The third kappa shape index (κ3) is 5.02. The molecule has 0 amide bonds. The molecule has 2 aromatic carbocycles. The SMILES string of the molecule is O=C(CCCc1ccccc1)Cc1ccc2cc(C(=O)C[C@H]3CN4CCC3CC4)sc2c1. The molecule has 3 nitrogen and oxygen atoms in total. The molecule has 1 atom stereocenters. The molecule has 3 aliphatic heterocycles. The zero-order valence-corrected chi connectivity index (χ0v) is 19.4. The number of thiophene rings is 1. The minimum Gasteiger partial charge on any atom is -0.303 e. The van der Waals surface area contributed by atoms with Gasteiger partial charge in [-0.1, -0.05) is 42.5 Å². The molecule has 0 spiro atoms. The highest BCUT2D eigenvalue weighted by Crippen LogP contribution is 2.36. The van der Waals surface area contributed by atoms with Crippen LogP contribution < -0.4 is 0 Å². The molecule has 4 heteroatoms. The Bertz CT molecular complexity index is 1100. The van der Waals surface area contributed by atoms with Gasteiger partial charge in [0, 0.05) is 30.5 Å². The second kappa shape index (κ2) is 9.68. The van der Waals surface area contributed by atoms with Crippen molar-refractivity contribution >= 4 is 33.0 Å². The first-order chi connectivity index (χ1) is 15.6. The largest absolute Gasteiger partial charge is 0.303 e. The van der Waals surface area contributed by atoms with E-state index in [4.69, 9.17) is 0 Å². The predicted octanol–water partition coefficient (Wildman–Crippen LogP) is 5.95. The van der Waals surface area contributed by atoms with Crippen LogP contribution in [0, 0.1) is 11.8 Å². The van der Waals surface area contributed by atoms with Crippen LogP contribution in [0.5, 0.6) is 0 Å². The highest BCUT2D eigenvalue weighted by Gasteiger charge is 2.35. The average molecular weight is 446 g/mol. The molecular formula is C28H31NO2S. The number of carbonyl (C=O) groups excluding carboxylic acids is 2. The van der Waals surface area contributed by atoms with Crippen molar-refractivity contribution in [2.24, 2.45) is 11.8 Å². The molecule has 3 fully saturated rings. The molecule has 2 bridgehead atoms. The van der Waals surface area contributed by atoms with E-state index in [9.17, 15) is 9.59 Å². The third-order valence-corrected chi connectivity index (χ3v) is 8.40. The Morgan fingerprint density at radius 3 is 2.53 bits per heavy atom. The zero-order chi connectivity index (χ0) is 21.9. The number of aryl methyl sites for hydroxylation is 1. The van der Waals surface area contributed by atoms with Crippen LogP contribution in [-0.2, 0) is 17.6 Å². The maximum Gasteiger partial charge on any atom is 0.173 e. The Morgan fingerprint density at radius 2 is 1.78 bits per heavy atom. The summed E-state index contributed by atoms with van der Waals surface area (Å²) in [5, 5.41) is 1.12. The summed E-state index contributed by atoms with van der Waals surface area (Å²) < 4.78 is 1.12. The lowest BCUT2D eigenvalue weighted by Crippen LogP contribution is -2.47. The fourth-order valence-electron chi connectivity index (χ4n) is 5.43. The van der Waals surface area contributed by atoms with Gasteiger partial charge in [0.2, 0.25) is 0 Å². The van der Waals surface area contributed by atoms with Crippen molar-refractivity contribution in [3.63, 3.8) is 0 Å². The minimum atomic E-state index is 0.287. The van der Waals surface area contributed by atoms with Crippen LogP contribution in [0.15, 0.2) is 54.6 Å². The molecule has 1 aromatic heterocycles. The van der Waals surface area contributed by atoms with Gasteiger partial charge in [-0.25, -0.2) is 0 Å². The second-order valence-electron chi connectivity index (χ2n) is 9.56. The molecule has 166 valence electrons. The number of carbonyl (C=O) groups is 2. The number of hydrogen-bond donors (Lipinski definition) is 0. The van der Waals surface area contributed by atoms with Crippen LogP contribution in [0.2, 0.25) is 0 Å². The van der Waals surface area contributed by atoms with Crippen LogP contribution in [-0.4, -0.2) is 36.1 Å². The summed E-state index contributed by atoms with van der Waals surface area (Å²) >= 11 is 1.60. The van der Waals surface area contributed by atoms with Crippen LogP contribution in [0.1, 0.15) is 52.9 Å². The smallest absolute Gasteiger partial charge is 0.173 e. The Morgan fingerprint density at radius 1 is 0.969 bits per heavy atom. The molecule has 0 N–H and O–H groups in total. The number of hydrogen-bond acceptors (Lipinski definition) is 4. The van der Waals surface area contributed by atoms with Gasteiger partial charge in [-0.2, -0.15) is 0 Å². The van der Waals surface area contributed by atoms with Gasteiger partial charge in [0.1, 0.15) is 5.78 Å². The molecule has 3 aliphatic rings. The van der Waals surface area contributed by atoms with Gasteiger partial charge in [-0.15, -0.1) is 11.3 Å². The van der Waals surface area contributed by atoms with Gasteiger partial charge in [0.25, 0.3) is 0 Å². The van der Waals surface area contributed by atoms with E-state index in [0.29, 0.717) is 31.0 Å². The summed E-state index contributed by atoms with van der Waals surface area (Å²) in [6, 6.07) is 18.6. The van der Waals surface area contributed by atoms with Gasteiger partial charge in [0.15, 0.2) is 5.78 Å². The number of Topliss-reactive ketones (excluding diaryl/α,β-unsaturated/α-hetero) is 2. The van der Waals surface area contributed by atoms with E-state index in [1.54, 1.807) is 11.3 Å². The standard InChI is InChI=1S/C28H31NO2S/c30-25(8-4-7-20-5-2-1-3-6-20)15-21-9-10-23-18-28(32-27(23)16-21)26(31)17-24-19-29-13-11-22(24)12-14-29/h1-3,5-6,9-10,16,18,22,24H,4,7-8,11-15,17,19H2/t24-/m0/s1. The molecule has 3 aromatic rings. The number of benzene rings is 2. The Hall–Kier alpha value is -2.30. The lowest BCUT2D eigenvalue weighted by molar-refractivity contribution is -0.118. The predicted molar refractivity (Wildman–Crippen MR) is 132 cm³/mol. The highest BCUT2D eigenvalue weighted by atomic mass is 32.1. The van der Waals surface area contributed by atoms with E-state index in [1.807, 2.05) is 24.3 Å². The molecule has 3 saturated heterocycles. The topological polar surface area (TPSA) is 37.4 Å².